The summed E-state index contributed by atoms with van der Waals surface area (Å²) < 4.78 is 6.51. The molecule has 0 bridgehead atoms. The van der Waals surface area contributed by atoms with Crippen molar-refractivity contribution < 1.29 is 23.9 Å². The molecule has 0 unspecified atom stereocenters. The number of rotatable bonds is 17. The molecule has 2 heterocycles. The van der Waals surface area contributed by atoms with Crippen LogP contribution in [0.25, 0.3) is 10.2 Å². The minimum absolute atomic E-state index is 0.0181. The molecule has 1 saturated heterocycles. The number of nitrogens with one attached hydrogen (secondary N) is 2. The minimum atomic E-state index is -0.787. The standard InChI is InChI=1S/C38H49ClN4O5S/c1-2-29(44)20-27(22-35-41-32-14-13-28(39)23-34(32)49-35)38(47)43-36(25-15-18-48-19-16-25)33(45)21-26(9-5-6-17-40)37(46)42-31-12-7-10-24-8-3-4-11-30(24)31/h3-4,8,11,13-14,23,25-27,31,36H,2,5-7,9-10,12,15-22,40H2,1H3,(H,42,46)(H,43,47)/t26-,27+,31-,36+/m1/s1. The number of ether oxygens (including phenoxy) is 1. The molecule has 11 heteroatoms. The summed E-state index contributed by atoms with van der Waals surface area (Å²) in [5.41, 5.74) is 8.98. The first kappa shape index (κ1) is 37.1. The van der Waals surface area contributed by atoms with Gasteiger partial charge in [0.2, 0.25) is 11.8 Å². The third-order valence-corrected chi connectivity index (χ3v) is 11.2. The second-order valence-corrected chi connectivity index (χ2v) is 15.0. The number of ketones is 2. The zero-order valence-electron chi connectivity index (χ0n) is 28.4. The van der Waals surface area contributed by atoms with Gasteiger partial charge in [-0.1, -0.05) is 49.2 Å². The van der Waals surface area contributed by atoms with Crippen molar-refractivity contribution in [3.05, 3.63) is 63.6 Å². The number of carbonyl (C=O) groups excluding carboxylic acids is 4. The van der Waals surface area contributed by atoms with Gasteiger partial charge in [-0.3, -0.25) is 19.2 Å². The lowest BCUT2D eigenvalue weighted by Crippen LogP contribution is -2.50. The Morgan fingerprint density at radius 2 is 1.82 bits per heavy atom. The van der Waals surface area contributed by atoms with Crippen molar-refractivity contribution in [3.63, 3.8) is 0 Å². The summed E-state index contributed by atoms with van der Waals surface area (Å²) in [4.78, 5) is 59.6. The van der Waals surface area contributed by atoms with Crippen LogP contribution in [0.4, 0.5) is 0 Å². The third-order valence-electron chi connectivity index (χ3n) is 9.95. The second-order valence-electron chi connectivity index (χ2n) is 13.5. The van der Waals surface area contributed by atoms with Crippen LogP contribution >= 0.6 is 22.9 Å². The summed E-state index contributed by atoms with van der Waals surface area (Å²) in [5.74, 6) is -2.02. The molecule has 264 valence electrons. The van der Waals surface area contributed by atoms with Crippen molar-refractivity contribution in [1.29, 1.82) is 0 Å². The van der Waals surface area contributed by atoms with Gasteiger partial charge in [0, 0.05) is 49.8 Å². The van der Waals surface area contributed by atoms with Crippen molar-refractivity contribution in [2.75, 3.05) is 19.8 Å². The molecule has 2 aromatic carbocycles. The zero-order chi connectivity index (χ0) is 34.8. The van der Waals surface area contributed by atoms with Gasteiger partial charge in [-0.15, -0.1) is 11.3 Å². The largest absolute Gasteiger partial charge is 0.381 e. The highest BCUT2D eigenvalue weighted by molar-refractivity contribution is 7.18. The molecule has 49 heavy (non-hydrogen) atoms. The van der Waals surface area contributed by atoms with E-state index in [1.54, 1.807) is 13.0 Å². The summed E-state index contributed by atoms with van der Waals surface area (Å²) in [6.07, 6.45) is 6.76. The molecule has 3 aromatic rings. The average molecular weight is 709 g/mol. The summed E-state index contributed by atoms with van der Waals surface area (Å²) in [7, 11) is 0. The van der Waals surface area contributed by atoms with E-state index in [1.165, 1.54) is 16.9 Å². The van der Waals surface area contributed by atoms with E-state index in [0.29, 0.717) is 50.5 Å². The van der Waals surface area contributed by atoms with E-state index >= 15 is 0 Å². The Bertz CT molecular complexity index is 1610. The monoisotopic (exact) mass is 708 g/mol. The Hall–Kier alpha value is -3.18. The Morgan fingerprint density at radius 3 is 2.59 bits per heavy atom. The molecule has 2 amide bonds. The summed E-state index contributed by atoms with van der Waals surface area (Å²) in [6, 6.07) is 12.8. The normalized spacial score (nSPS) is 18.3. The SMILES string of the molecule is CCC(=O)C[C@@H](Cc1nc2ccc(Cl)cc2s1)C(=O)N[C@H](C(=O)C[C@@H](CCCCN)C(=O)N[C@@H]1CCCc2ccccc21)C1CCOCC1. The molecule has 4 N–H and O–H groups in total. The van der Waals surface area contributed by atoms with E-state index < -0.39 is 17.9 Å². The predicted molar refractivity (Wildman–Crippen MR) is 193 cm³/mol. The molecule has 1 fully saturated rings. The van der Waals surface area contributed by atoms with Crippen LogP contribution in [0.15, 0.2) is 42.5 Å². The maximum Gasteiger partial charge on any atom is 0.224 e. The van der Waals surface area contributed by atoms with Crippen LogP contribution in [0.3, 0.4) is 0 Å². The first-order chi connectivity index (χ1) is 23.7. The molecule has 2 aliphatic rings. The molecule has 1 aromatic heterocycles. The van der Waals surface area contributed by atoms with Crippen LogP contribution < -0.4 is 16.4 Å². The quantitative estimate of drug-likeness (QED) is 0.140. The lowest BCUT2D eigenvalue weighted by atomic mass is 9.83. The van der Waals surface area contributed by atoms with Crippen molar-refractivity contribution in [3.8, 4) is 0 Å². The van der Waals surface area contributed by atoms with Gasteiger partial charge in [-0.2, -0.15) is 0 Å². The van der Waals surface area contributed by atoms with E-state index in [9.17, 15) is 19.2 Å². The van der Waals surface area contributed by atoms with Crippen LogP contribution in [0.2, 0.25) is 5.02 Å². The number of halogens is 1. The van der Waals surface area contributed by atoms with E-state index in [2.05, 4.69) is 22.8 Å². The number of aromatic nitrogens is 1. The lowest BCUT2D eigenvalue weighted by molar-refractivity contribution is -0.135. The van der Waals surface area contributed by atoms with Gasteiger partial charge in [0.1, 0.15) is 5.78 Å². The highest BCUT2D eigenvalue weighted by Gasteiger charge is 2.36. The summed E-state index contributed by atoms with van der Waals surface area (Å²) in [5, 5.41) is 7.70. The average Bonchev–Trinajstić information content (AvgIpc) is 3.51. The third kappa shape index (κ3) is 10.2. The van der Waals surface area contributed by atoms with Crippen molar-refractivity contribution in [2.24, 2.45) is 23.5 Å². The second kappa shape index (κ2) is 18.2. The number of carbonyl (C=O) groups is 4. The van der Waals surface area contributed by atoms with Gasteiger partial charge in [0.05, 0.1) is 33.2 Å². The molecule has 0 radical (unpaired) electrons. The van der Waals surface area contributed by atoms with E-state index in [1.807, 2.05) is 24.3 Å². The fourth-order valence-electron chi connectivity index (χ4n) is 7.13. The van der Waals surface area contributed by atoms with Crippen molar-refractivity contribution in [2.45, 2.75) is 96.1 Å². The van der Waals surface area contributed by atoms with Crippen LogP contribution in [0, 0.1) is 17.8 Å². The molecular weight excluding hydrogens is 660 g/mol. The van der Waals surface area contributed by atoms with Gasteiger partial charge in [-0.25, -0.2) is 4.98 Å². The van der Waals surface area contributed by atoms with Gasteiger partial charge >= 0.3 is 0 Å². The highest BCUT2D eigenvalue weighted by atomic mass is 35.5. The Kier molecular flexibility index (Phi) is 13.8. The molecule has 4 atom stereocenters. The lowest BCUT2D eigenvalue weighted by Gasteiger charge is -2.32. The number of Topliss-reactive ketones (excluding diaryl/α,β-unsaturated/α-hetero) is 2. The Labute approximate surface area is 298 Å². The molecule has 0 spiro atoms. The predicted octanol–water partition coefficient (Wildman–Crippen LogP) is 6.29. The minimum Gasteiger partial charge on any atom is -0.381 e. The topological polar surface area (TPSA) is 140 Å². The van der Waals surface area contributed by atoms with Crippen molar-refractivity contribution >= 4 is 56.5 Å². The highest BCUT2D eigenvalue weighted by Crippen LogP contribution is 2.32. The van der Waals surface area contributed by atoms with E-state index in [-0.39, 0.29) is 54.6 Å². The number of aryl methyl sites for hydroxylation is 1. The molecule has 0 saturated carbocycles. The van der Waals surface area contributed by atoms with Gasteiger partial charge in [-0.05, 0) is 86.7 Å². The number of amides is 2. The van der Waals surface area contributed by atoms with Gasteiger partial charge in [0.15, 0.2) is 5.78 Å². The first-order valence-corrected chi connectivity index (χ1v) is 19.0. The van der Waals surface area contributed by atoms with Gasteiger partial charge < -0.3 is 21.1 Å². The van der Waals surface area contributed by atoms with E-state index in [0.717, 1.165) is 52.9 Å². The summed E-state index contributed by atoms with van der Waals surface area (Å²) >= 11 is 7.64. The first-order valence-electron chi connectivity index (χ1n) is 17.8. The molecule has 9 nitrogen and oxygen atoms in total. The number of nitrogens with two attached hydrogens (primary N) is 1. The molecular formula is C38H49ClN4O5S. The van der Waals surface area contributed by atoms with Crippen LogP contribution in [0.5, 0.6) is 0 Å². The number of fused-ring (bicyclic) bond motifs is 2. The van der Waals surface area contributed by atoms with Gasteiger partial charge in [0.25, 0.3) is 0 Å². The smallest absolute Gasteiger partial charge is 0.224 e. The zero-order valence-corrected chi connectivity index (χ0v) is 30.0. The van der Waals surface area contributed by atoms with E-state index in [4.69, 9.17) is 27.1 Å². The number of unbranched alkanes of at least 4 members (excludes halogenated alkanes) is 1. The molecule has 5 rings (SSSR count). The maximum atomic E-state index is 14.3. The number of benzene rings is 2. The Morgan fingerprint density at radius 1 is 1.02 bits per heavy atom. The van der Waals surface area contributed by atoms with Crippen LogP contribution in [-0.4, -0.2) is 54.2 Å². The Balaban J connectivity index is 1.34. The fourth-order valence-corrected chi connectivity index (χ4v) is 8.45. The molecule has 1 aliphatic heterocycles. The summed E-state index contributed by atoms with van der Waals surface area (Å²) in [6.45, 7) is 3.29. The number of hydrogen-bond acceptors (Lipinski definition) is 8. The van der Waals surface area contributed by atoms with Crippen LogP contribution in [0.1, 0.15) is 93.3 Å². The number of nitrogens with zero attached hydrogens (tertiary/aromatic N) is 1. The van der Waals surface area contributed by atoms with Crippen molar-refractivity contribution in [1.82, 2.24) is 15.6 Å². The number of hydrogen-bond donors (Lipinski definition) is 3. The number of thiazole rings is 1. The van der Waals surface area contributed by atoms with Crippen LogP contribution in [-0.2, 0) is 36.8 Å². The molecule has 1 aliphatic carbocycles. The maximum absolute atomic E-state index is 14.3. The fraction of sp³-hybridized carbons (Fsp3) is 0.553.